The Bertz CT molecular complexity index is 479. The maximum absolute atomic E-state index is 11.3. The van der Waals surface area contributed by atoms with Crippen LogP contribution in [-0.4, -0.2) is 16.7 Å². The fraction of sp³-hybridized carbons (Fsp3) is 0.667. The smallest absolute Gasteiger partial charge is 0.280 e. The zero-order valence-electron chi connectivity index (χ0n) is 10.6. The number of halogens is 1. The van der Waals surface area contributed by atoms with E-state index in [4.69, 9.17) is 0 Å². The monoisotopic (exact) mass is 299 g/mol. The van der Waals surface area contributed by atoms with E-state index in [-0.39, 0.29) is 5.56 Å². The maximum Gasteiger partial charge on any atom is 0.280 e. The zero-order valence-corrected chi connectivity index (χ0v) is 12.2. The normalized spacial score (nSPS) is 21.2. The number of nitrogens with one attached hydrogen (secondary N) is 2. The van der Waals surface area contributed by atoms with Crippen molar-refractivity contribution in [2.75, 3.05) is 11.9 Å². The largest absolute Gasteiger partial charge is 0.382 e. The highest BCUT2D eigenvalue weighted by Crippen LogP contribution is 2.68. The van der Waals surface area contributed by atoms with Crippen molar-refractivity contribution in [3.63, 3.8) is 0 Å². The van der Waals surface area contributed by atoms with Crippen LogP contribution in [0.3, 0.4) is 0 Å². The van der Waals surface area contributed by atoms with Crippen molar-refractivity contribution in [3.05, 3.63) is 21.0 Å². The van der Waals surface area contributed by atoms with E-state index in [1.165, 1.54) is 0 Å². The molecule has 0 atom stereocenters. The Morgan fingerprint density at radius 3 is 2.53 bits per heavy atom. The molecule has 2 N–H and O–H groups in total. The summed E-state index contributed by atoms with van der Waals surface area (Å²) < 4.78 is 0.517. The lowest BCUT2D eigenvalue weighted by atomic mass is 10.0. The van der Waals surface area contributed by atoms with Gasteiger partial charge in [-0.3, -0.25) is 4.79 Å². The van der Waals surface area contributed by atoms with Crippen molar-refractivity contribution in [3.8, 4) is 0 Å². The van der Waals surface area contributed by atoms with E-state index in [9.17, 15) is 4.79 Å². The third-order valence-electron chi connectivity index (χ3n) is 4.61. The Hall–Kier alpha value is -0.840. The topological polar surface area (TPSA) is 57.8 Å². The number of aromatic nitrogens is 2. The molecule has 17 heavy (non-hydrogen) atoms. The SMILES string of the molecule is CC1(C)C(CNc2cn[nH]c(=O)c2Br)C1(C)C. The van der Waals surface area contributed by atoms with Crippen LogP contribution in [0.2, 0.25) is 0 Å². The zero-order chi connectivity index (χ0) is 12.8. The first-order chi connectivity index (χ1) is 7.78. The van der Waals surface area contributed by atoms with E-state index in [1.807, 2.05) is 0 Å². The van der Waals surface area contributed by atoms with Gasteiger partial charge in [-0.15, -0.1) is 0 Å². The van der Waals surface area contributed by atoms with Crippen LogP contribution in [0.15, 0.2) is 15.5 Å². The van der Waals surface area contributed by atoms with Crippen LogP contribution in [0.5, 0.6) is 0 Å². The molecule has 1 fully saturated rings. The maximum atomic E-state index is 11.3. The number of nitrogens with zero attached hydrogens (tertiary/aromatic N) is 1. The molecule has 4 nitrogen and oxygen atoms in total. The number of rotatable bonds is 3. The summed E-state index contributed by atoms with van der Waals surface area (Å²) in [6.07, 6.45) is 1.63. The molecule has 1 aliphatic rings. The molecule has 5 heteroatoms. The Labute approximate surface area is 109 Å². The van der Waals surface area contributed by atoms with E-state index in [1.54, 1.807) is 6.20 Å². The standard InChI is InChI=1S/C12H18BrN3O/c1-11(2)8(12(11,3)4)6-14-7-5-15-16-10(17)9(7)13/h5,8H,6H2,1-4H3,(H2,14,16,17). The van der Waals surface area contributed by atoms with Crippen LogP contribution in [0, 0.1) is 16.7 Å². The number of aromatic amines is 1. The van der Waals surface area contributed by atoms with Crippen LogP contribution in [0.4, 0.5) is 5.69 Å². The minimum atomic E-state index is -0.204. The second-order valence-electron chi connectivity index (χ2n) is 5.80. The molecule has 1 heterocycles. The minimum absolute atomic E-state index is 0.204. The second kappa shape index (κ2) is 3.83. The highest BCUT2D eigenvalue weighted by molar-refractivity contribution is 9.10. The van der Waals surface area contributed by atoms with Gasteiger partial charge < -0.3 is 5.32 Å². The van der Waals surface area contributed by atoms with E-state index in [2.05, 4.69) is 59.1 Å². The predicted molar refractivity (Wildman–Crippen MR) is 72.1 cm³/mol. The van der Waals surface area contributed by atoms with E-state index >= 15 is 0 Å². The summed E-state index contributed by atoms with van der Waals surface area (Å²) in [6, 6.07) is 0. The van der Waals surface area contributed by atoms with Gasteiger partial charge >= 0.3 is 0 Å². The molecule has 0 bridgehead atoms. The fourth-order valence-electron chi connectivity index (χ4n) is 2.56. The summed E-state index contributed by atoms with van der Waals surface area (Å²) in [5.74, 6) is 0.612. The Morgan fingerprint density at radius 2 is 2.00 bits per heavy atom. The van der Waals surface area contributed by atoms with Gasteiger partial charge in [-0.25, -0.2) is 5.10 Å². The Morgan fingerprint density at radius 1 is 1.41 bits per heavy atom. The summed E-state index contributed by atoms with van der Waals surface area (Å²) in [4.78, 5) is 11.3. The molecule has 0 amide bonds. The molecule has 94 valence electrons. The van der Waals surface area contributed by atoms with Gasteiger partial charge in [-0.05, 0) is 32.7 Å². The van der Waals surface area contributed by atoms with E-state index in [0.29, 0.717) is 21.2 Å². The van der Waals surface area contributed by atoms with Gasteiger partial charge in [-0.2, -0.15) is 5.10 Å². The molecule has 1 aliphatic carbocycles. The van der Waals surface area contributed by atoms with Crippen LogP contribution in [0.1, 0.15) is 27.7 Å². The average molecular weight is 300 g/mol. The summed E-state index contributed by atoms with van der Waals surface area (Å²) in [5, 5.41) is 9.47. The summed E-state index contributed by atoms with van der Waals surface area (Å²) in [7, 11) is 0. The van der Waals surface area contributed by atoms with Crippen molar-refractivity contribution in [1.29, 1.82) is 0 Å². The molecule has 0 aromatic carbocycles. The summed E-state index contributed by atoms with van der Waals surface area (Å²) in [5.41, 5.74) is 1.25. The highest BCUT2D eigenvalue weighted by atomic mass is 79.9. The Balaban J connectivity index is 2.06. The van der Waals surface area contributed by atoms with Crippen molar-refractivity contribution in [2.24, 2.45) is 16.7 Å². The molecular formula is C12H18BrN3O. The number of H-pyrrole nitrogens is 1. The average Bonchev–Trinajstić information content (AvgIpc) is 2.61. The molecule has 1 aromatic rings. The van der Waals surface area contributed by atoms with Crippen molar-refractivity contribution >= 4 is 21.6 Å². The molecule has 0 radical (unpaired) electrons. The lowest BCUT2D eigenvalue weighted by Gasteiger charge is -2.08. The summed E-state index contributed by atoms with van der Waals surface area (Å²) in [6.45, 7) is 9.99. The Kier molecular flexibility index (Phi) is 2.84. The first-order valence-electron chi connectivity index (χ1n) is 5.75. The first-order valence-corrected chi connectivity index (χ1v) is 6.55. The van der Waals surface area contributed by atoms with Crippen LogP contribution < -0.4 is 10.9 Å². The molecule has 1 aromatic heterocycles. The molecular weight excluding hydrogens is 282 g/mol. The van der Waals surface area contributed by atoms with Crippen molar-refractivity contribution in [1.82, 2.24) is 10.2 Å². The van der Waals surface area contributed by atoms with Gasteiger partial charge in [0.1, 0.15) is 4.47 Å². The quantitative estimate of drug-likeness (QED) is 0.902. The lowest BCUT2D eigenvalue weighted by molar-refractivity contribution is 0.457. The highest BCUT2D eigenvalue weighted by Gasteiger charge is 2.64. The lowest BCUT2D eigenvalue weighted by Crippen LogP contribution is -2.14. The summed E-state index contributed by atoms with van der Waals surface area (Å²) >= 11 is 3.26. The van der Waals surface area contributed by atoms with Crippen molar-refractivity contribution < 1.29 is 0 Å². The van der Waals surface area contributed by atoms with Gasteiger partial charge in [0.25, 0.3) is 5.56 Å². The van der Waals surface area contributed by atoms with Crippen molar-refractivity contribution in [2.45, 2.75) is 27.7 Å². The van der Waals surface area contributed by atoms with Crippen LogP contribution in [0.25, 0.3) is 0 Å². The number of anilines is 1. The number of hydrogen-bond donors (Lipinski definition) is 2. The van der Waals surface area contributed by atoms with Gasteiger partial charge in [0.15, 0.2) is 0 Å². The van der Waals surface area contributed by atoms with Gasteiger partial charge in [-0.1, -0.05) is 27.7 Å². The van der Waals surface area contributed by atoms with Gasteiger partial charge in [0.2, 0.25) is 0 Å². The van der Waals surface area contributed by atoms with E-state index in [0.717, 1.165) is 12.2 Å². The molecule has 1 saturated carbocycles. The molecule has 2 rings (SSSR count). The van der Waals surface area contributed by atoms with Gasteiger partial charge in [0, 0.05) is 6.54 Å². The fourth-order valence-corrected chi connectivity index (χ4v) is 2.89. The van der Waals surface area contributed by atoms with Crippen LogP contribution >= 0.6 is 15.9 Å². The minimum Gasteiger partial charge on any atom is -0.382 e. The second-order valence-corrected chi connectivity index (χ2v) is 6.60. The number of hydrogen-bond acceptors (Lipinski definition) is 3. The third kappa shape index (κ3) is 1.90. The first kappa shape index (κ1) is 12.6. The molecule has 0 unspecified atom stereocenters. The molecule has 0 spiro atoms. The molecule has 0 saturated heterocycles. The predicted octanol–water partition coefficient (Wildman–Crippen LogP) is 2.63. The third-order valence-corrected chi connectivity index (χ3v) is 5.40. The molecule has 0 aliphatic heterocycles. The van der Waals surface area contributed by atoms with Crippen LogP contribution in [-0.2, 0) is 0 Å². The van der Waals surface area contributed by atoms with Gasteiger partial charge in [0.05, 0.1) is 11.9 Å². The van der Waals surface area contributed by atoms with E-state index < -0.39 is 0 Å².